The van der Waals surface area contributed by atoms with E-state index in [9.17, 15) is 4.79 Å². The van der Waals surface area contributed by atoms with Gasteiger partial charge in [-0.05, 0) is 55.5 Å². The number of carbonyl (C=O) groups is 1. The van der Waals surface area contributed by atoms with Crippen molar-refractivity contribution in [2.75, 3.05) is 11.9 Å². The lowest BCUT2D eigenvalue weighted by Gasteiger charge is -2.16. The van der Waals surface area contributed by atoms with Gasteiger partial charge in [-0.15, -0.1) is 0 Å². The Balaban J connectivity index is 1.51. The molecule has 6 nitrogen and oxygen atoms in total. The average molecular weight is 443 g/mol. The van der Waals surface area contributed by atoms with Gasteiger partial charge < -0.3 is 20.2 Å². The van der Waals surface area contributed by atoms with Crippen molar-refractivity contribution in [1.82, 2.24) is 9.38 Å². The number of rotatable bonds is 9. The van der Waals surface area contributed by atoms with E-state index < -0.39 is 5.91 Å². The van der Waals surface area contributed by atoms with Gasteiger partial charge in [-0.2, -0.15) is 0 Å². The summed E-state index contributed by atoms with van der Waals surface area (Å²) < 4.78 is 7.84. The molecule has 0 aliphatic rings. The number of pyridine rings is 1. The van der Waals surface area contributed by atoms with Crippen LogP contribution in [0.3, 0.4) is 0 Å². The fourth-order valence-corrected chi connectivity index (χ4v) is 4.02. The van der Waals surface area contributed by atoms with E-state index >= 15 is 0 Å². The fourth-order valence-electron chi connectivity index (χ4n) is 4.02. The molecule has 4 rings (SSSR count). The highest BCUT2D eigenvalue weighted by atomic mass is 16.5. The molecule has 33 heavy (non-hydrogen) atoms. The minimum Gasteiger partial charge on any atom is -0.378 e. The Morgan fingerprint density at radius 3 is 2.64 bits per heavy atom. The third kappa shape index (κ3) is 5.07. The molecule has 3 N–H and O–H groups in total. The smallest absolute Gasteiger partial charge is 0.250 e. The lowest BCUT2D eigenvalue weighted by molar-refractivity contribution is 0.1000. The van der Waals surface area contributed by atoms with Gasteiger partial charge in [0.1, 0.15) is 0 Å². The maximum Gasteiger partial charge on any atom is 0.250 e. The largest absolute Gasteiger partial charge is 0.378 e. The lowest BCUT2D eigenvalue weighted by Crippen LogP contribution is -2.14. The molecular formula is C27H30N4O2. The van der Waals surface area contributed by atoms with E-state index in [1.807, 2.05) is 36.4 Å². The van der Waals surface area contributed by atoms with Crippen LogP contribution in [0, 0.1) is 20.8 Å². The number of aryl methyl sites for hydroxylation is 3. The van der Waals surface area contributed by atoms with Crippen LogP contribution >= 0.6 is 0 Å². The number of amides is 1. The maximum absolute atomic E-state index is 11.9. The summed E-state index contributed by atoms with van der Waals surface area (Å²) in [5.74, 6) is -0.460. The number of carbonyl (C=O) groups excluding carboxylic acids is 1. The molecule has 0 saturated heterocycles. The van der Waals surface area contributed by atoms with E-state index in [-0.39, 0.29) is 0 Å². The summed E-state index contributed by atoms with van der Waals surface area (Å²) in [5.41, 5.74) is 14.4. The number of ether oxygens (including phenoxy) is 1. The number of fused-ring (bicyclic) bond motifs is 1. The number of nitrogens with one attached hydrogen (secondary N) is 1. The van der Waals surface area contributed by atoms with E-state index in [0.29, 0.717) is 25.3 Å². The number of hydrogen-bond donors (Lipinski definition) is 2. The Morgan fingerprint density at radius 1 is 1.09 bits per heavy atom. The van der Waals surface area contributed by atoms with Crippen molar-refractivity contribution >= 4 is 17.2 Å². The highest BCUT2D eigenvalue weighted by molar-refractivity contribution is 5.94. The summed E-state index contributed by atoms with van der Waals surface area (Å²) >= 11 is 0. The van der Waals surface area contributed by atoms with Crippen molar-refractivity contribution in [3.8, 4) is 0 Å². The van der Waals surface area contributed by atoms with Crippen LogP contribution in [0.1, 0.15) is 44.0 Å². The van der Waals surface area contributed by atoms with Gasteiger partial charge in [0.05, 0.1) is 30.2 Å². The molecule has 0 fully saturated rings. The molecule has 0 radical (unpaired) electrons. The fraction of sp³-hybridized carbons (Fsp3) is 0.259. The molecule has 0 aliphatic carbocycles. The molecule has 0 atom stereocenters. The number of imidazole rings is 1. The molecule has 170 valence electrons. The van der Waals surface area contributed by atoms with Crippen molar-refractivity contribution in [3.63, 3.8) is 0 Å². The second-order valence-corrected chi connectivity index (χ2v) is 8.34. The summed E-state index contributed by atoms with van der Waals surface area (Å²) in [7, 11) is 0. The molecule has 0 aliphatic heterocycles. The van der Waals surface area contributed by atoms with E-state index in [2.05, 4.69) is 47.6 Å². The molecule has 0 saturated carbocycles. The summed E-state index contributed by atoms with van der Waals surface area (Å²) in [4.78, 5) is 16.6. The second kappa shape index (κ2) is 9.88. The number of nitrogens with zero attached hydrogens (tertiary/aromatic N) is 2. The molecular weight excluding hydrogens is 412 g/mol. The van der Waals surface area contributed by atoms with E-state index in [1.165, 1.54) is 22.3 Å². The number of aromatic nitrogens is 2. The standard InChI is InChI=1S/C27H30N4O2/c1-18-8-7-11-22(12-13-33-17-21-9-5-4-6-10-21)24(18)15-29-25-14-23(26(28)32)16-31-20(3)19(2)30-27(25)31/h4-11,14,16,29H,12-13,15,17H2,1-3H3,(H2,28,32). The number of hydrogen-bond acceptors (Lipinski definition) is 4. The van der Waals surface area contributed by atoms with Gasteiger partial charge in [0.2, 0.25) is 5.91 Å². The van der Waals surface area contributed by atoms with Crippen LogP contribution < -0.4 is 11.1 Å². The van der Waals surface area contributed by atoms with Crippen molar-refractivity contribution in [3.05, 3.63) is 100.0 Å². The lowest BCUT2D eigenvalue weighted by atomic mass is 9.99. The predicted octanol–water partition coefficient (Wildman–Crippen LogP) is 4.73. The number of benzene rings is 2. The maximum atomic E-state index is 11.9. The molecule has 4 aromatic rings. The molecule has 1 amide bonds. The molecule has 0 spiro atoms. The minimum absolute atomic E-state index is 0.449. The Morgan fingerprint density at radius 2 is 1.88 bits per heavy atom. The number of primary amides is 1. The van der Waals surface area contributed by atoms with Crippen molar-refractivity contribution in [1.29, 1.82) is 0 Å². The molecule has 6 heteroatoms. The topological polar surface area (TPSA) is 81.6 Å². The Hall–Kier alpha value is -3.64. The van der Waals surface area contributed by atoms with Crippen LogP contribution in [-0.4, -0.2) is 21.9 Å². The van der Waals surface area contributed by atoms with Gasteiger partial charge in [0.15, 0.2) is 5.65 Å². The van der Waals surface area contributed by atoms with Gasteiger partial charge in [-0.3, -0.25) is 4.79 Å². The van der Waals surface area contributed by atoms with E-state index in [1.54, 1.807) is 12.3 Å². The quantitative estimate of drug-likeness (QED) is 0.367. The first-order valence-corrected chi connectivity index (χ1v) is 11.2. The van der Waals surface area contributed by atoms with Crippen LogP contribution in [0.2, 0.25) is 0 Å². The predicted molar refractivity (Wildman–Crippen MR) is 131 cm³/mol. The van der Waals surface area contributed by atoms with Crippen molar-refractivity contribution in [2.45, 2.75) is 40.3 Å². The third-order valence-electron chi connectivity index (χ3n) is 6.07. The summed E-state index contributed by atoms with van der Waals surface area (Å²) in [6.45, 7) is 7.93. The van der Waals surface area contributed by atoms with Gasteiger partial charge in [-0.25, -0.2) is 4.98 Å². The minimum atomic E-state index is -0.460. The van der Waals surface area contributed by atoms with Crippen LogP contribution in [0.15, 0.2) is 60.8 Å². The van der Waals surface area contributed by atoms with Crippen molar-refractivity contribution in [2.24, 2.45) is 5.73 Å². The monoisotopic (exact) mass is 442 g/mol. The van der Waals surface area contributed by atoms with Crippen LogP contribution in [0.4, 0.5) is 5.69 Å². The van der Waals surface area contributed by atoms with Gasteiger partial charge in [0.25, 0.3) is 0 Å². The van der Waals surface area contributed by atoms with Gasteiger partial charge in [-0.1, -0.05) is 48.5 Å². The molecule has 0 bridgehead atoms. The zero-order valence-corrected chi connectivity index (χ0v) is 19.4. The highest BCUT2D eigenvalue weighted by Crippen LogP contribution is 2.24. The van der Waals surface area contributed by atoms with Crippen LogP contribution in [0.25, 0.3) is 5.65 Å². The second-order valence-electron chi connectivity index (χ2n) is 8.34. The van der Waals surface area contributed by atoms with E-state index in [4.69, 9.17) is 10.5 Å². The molecule has 2 aromatic heterocycles. The zero-order valence-electron chi connectivity index (χ0n) is 19.4. The van der Waals surface area contributed by atoms with Crippen LogP contribution in [0.5, 0.6) is 0 Å². The zero-order chi connectivity index (χ0) is 23.4. The molecule has 2 heterocycles. The van der Waals surface area contributed by atoms with Crippen LogP contribution in [-0.2, 0) is 24.3 Å². The first-order valence-electron chi connectivity index (χ1n) is 11.2. The Labute approximate surface area is 194 Å². The van der Waals surface area contributed by atoms with E-state index in [0.717, 1.165) is 29.1 Å². The van der Waals surface area contributed by atoms with Gasteiger partial charge >= 0.3 is 0 Å². The SMILES string of the molecule is Cc1cccc(CCOCc2ccccc2)c1CNc1cc(C(N)=O)cn2c(C)c(C)nc12. The van der Waals surface area contributed by atoms with Crippen molar-refractivity contribution < 1.29 is 9.53 Å². The summed E-state index contributed by atoms with van der Waals surface area (Å²) in [5, 5.41) is 3.51. The number of nitrogens with two attached hydrogens (primary N) is 1. The summed E-state index contributed by atoms with van der Waals surface area (Å²) in [6.07, 6.45) is 2.57. The highest BCUT2D eigenvalue weighted by Gasteiger charge is 2.14. The number of anilines is 1. The first-order chi connectivity index (χ1) is 15.9. The van der Waals surface area contributed by atoms with Gasteiger partial charge in [0, 0.05) is 18.4 Å². The normalized spacial score (nSPS) is 11.1. The molecule has 0 unspecified atom stereocenters. The summed E-state index contributed by atoms with van der Waals surface area (Å²) in [6, 6.07) is 18.3. The first kappa shape index (κ1) is 22.6. The average Bonchev–Trinajstić information content (AvgIpc) is 3.10. The Kier molecular flexibility index (Phi) is 6.75. The molecule has 2 aromatic carbocycles. The Bertz CT molecular complexity index is 1280. The third-order valence-corrected chi connectivity index (χ3v) is 6.07.